The molecule has 8 heterocycles. The Morgan fingerprint density at radius 1 is 0.226 bits per heavy atom. The predicted octanol–water partition coefficient (Wildman–Crippen LogP) is 25.6. The molecule has 0 fully saturated rings. The van der Waals surface area contributed by atoms with E-state index in [-0.39, 0.29) is 0 Å². The summed E-state index contributed by atoms with van der Waals surface area (Å²) in [5.41, 5.74) is 18.6. The molecule has 106 heavy (non-hydrogen) atoms. The van der Waals surface area contributed by atoms with Crippen LogP contribution in [-0.4, -0.2) is 38.2 Å². The van der Waals surface area contributed by atoms with Crippen LogP contribution < -0.4 is 0 Å². The molecule has 8 aromatic heterocycles. The van der Waals surface area contributed by atoms with Crippen LogP contribution in [0.3, 0.4) is 0 Å². The molecule has 0 amide bonds. The van der Waals surface area contributed by atoms with Crippen molar-refractivity contribution in [1.29, 1.82) is 0 Å². The molecule has 24 aromatic rings. The molecule has 0 aliphatic carbocycles. The number of aromatic nitrogens is 8. The molecule has 0 saturated heterocycles. The summed E-state index contributed by atoms with van der Waals surface area (Å²) in [5.74, 6) is 1.28. The van der Waals surface area contributed by atoms with E-state index in [2.05, 4.69) is 340 Å². The molecule has 9 nitrogen and oxygen atoms in total. The highest BCUT2D eigenvalue weighted by Gasteiger charge is 2.26. The van der Waals surface area contributed by atoms with Gasteiger partial charge in [0.2, 0.25) is 11.9 Å². The molecule has 492 valence electrons. The third kappa shape index (κ3) is 8.70. The fourth-order valence-electron chi connectivity index (χ4n) is 17.2. The van der Waals surface area contributed by atoms with Crippen molar-refractivity contribution >= 4 is 184 Å². The molecule has 0 bridgehead atoms. The number of furan rings is 1. The Labute approximate surface area is 608 Å². The summed E-state index contributed by atoms with van der Waals surface area (Å²) in [5, 5.41) is 21.1. The second kappa shape index (κ2) is 22.7. The molecule has 24 rings (SSSR count). The number of rotatable bonds is 6. The normalized spacial score (nSPS) is 12.2. The molecule has 0 N–H and O–H groups in total. The van der Waals surface area contributed by atoms with Gasteiger partial charge in [-0.05, 0) is 137 Å². The van der Waals surface area contributed by atoms with Gasteiger partial charge in [0.1, 0.15) is 11.2 Å². The van der Waals surface area contributed by atoms with Gasteiger partial charge in [-0.2, -0.15) is 0 Å². The summed E-state index contributed by atoms with van der Waals surface area (Å²) in [7, 11) is 0. The van der Waals surface area contributed by atoms with E-state index in [1.165, 1.54) is 96.1 Å². The van der Waals surface area contributed by atoms with Gasteiger partial charge in [-0.1, -0.05) is 224 Å². The maximum Gasteiger partial charge on any atom is 0.235 e. The van der Waals surface area contributed by atoms with Crippen LogP contribution >= 0.6 is 11.3 Å². The van der Waals surface area contributed by atoms with Crippen molar-refractivity contribution in [2.75, 3.05) is 0 Å². The molecule has 0 atom stereocenters. The van der Waals surface area contributed by atoms with Crippen LogP contribution in [0.5, 0.6) is 0 Å². The first-order chi connectivity index (χ1) is 52.6. The summed E-state index contributed by atoms with van der Waals surface area (Å²) in [6.45, 7) is 0. The Balaban J connectivity index is 0.000000129. The van der Waals surface area contributed by atoms with Gasteiger partial charge in [0.25, 0.3) is 0 Å². The van der Waals surface area contributed by atoms with Gasteiger partial charge >= 0.3 is 0 Å². The maximum absolute atomic E-state index is 6.34. The highest BCUT2D eigenvalue weighted by Crippen LogP contribution is 2.46. The maximum atomic E-state index is 6.34. The van der Waals surface area contributed by atoms with Crippen molar-refractivity contribution in [2.45, 2.75) is 0 Å². The Morgan fingerprint density at radius 2 is 0.604 bits per heavy atom. The third-order valence-corrected chi connectivity index (χ3v) is 22.9. The quantitative estimate of drug-likeness (QED) is 0.166. The fourth-order valence-corrected chi connectivity index (χ4v) is 18.3. The monoisotopic (exact) mass is 1370 g/mol. The standard InChI is InChI=1S/C48H28N4O.C48H28N4S/c2*1-2-13-30-27-43-37(26-29(30)12-1)46-41(51-39-19-8-4-14-32(39)33-15-5-9-20-40(33)51)21-11-22-42(46)52(43)48-49-38-18-7-3-17-36(38)47(50-48)31-24-25-35-34-16-6-10-23-44(34)53-45(35)28-31/h2*1-28H. The number of nitrogens with zero attached hydrogens (tertiary/aromatic N) is 8. The molecular formula is C96H56N8OS. The Morgan fingerprint density at radius 3 is 1.11 bits per heavy atom. The predicted molar refractivity (Wildman–Crippen MR) is 442 cm³/mol. The SMILES string of the molecule is c1ccc2cc3c(cc2c1)c1c(-n2c4ccccc4c4ccccc42)cccc1n3-c1nc(-c2ccc3c(c2)oc2ccccc23)c2ccccc2n1.c1ccc2cc3c(cc2c1)c1c(-n2c4ccccc4c4ccccc42)cccc1n3-c1nc(-c2ccc3c(c2)sc2ccccc23)c2ccccc2n1. The van der Waals surface area contributed by atoms with Crippen LogP contribution in [0.25, 0.3) is 218 Å². The second-order valence-corrected chi connectivity index (χ2v) is 28.7. The van der Waals surface area contributed by atoms with E-state index in [4.69, 9.17) is 24.4 Å². The van der Waals surface area contributed by atoms with Gasteiger partial charge in [-0.3, -0.25) is 9.13 Å². The molecular weight excluding hydrogens is 1310 g/mol. The zero-order valence-electron chi connectivity index (χ0n) is 56.7. The summed E-state index contributed by atoms with van der Waals surface area (Å²) in [6, 6.07) is 121. The number of para-hydroxylation sites is 7. The van der Waals surface area contributed by atoms with Gasteiger partial charge in [0, 0.05) is 95.9 Å². The topological polar surface area (TPSA) is 84.4 Å². The lowest BCUT2D eigenvalue weighted by atomic mass is 10.0. The minimum Gasteiger partial charge on any atom is -0.456 e. The average molecular weight is 1370 g/mol. The van der Waals surface area contributed by atoms with Crippen molar-refractivity contribution < 1.29 is 4.42 Å². The highest BCUT2D eigenvalue weighted by atomic mass is 32.1. The van der Waals surface area contributed by atoms with Crippen molar-refractivity contribution in [3.05, 3.63) is 340 Å². The van der Waals surface area contributed by atoms with E-state index < -0.39 is 0 Å². The largest absolute Gasteiger partial charge is 0.456 e. The summed E-state index contributed by atoms with van der Waals surface area (Å²) < 4.78 is 18.3. The van der Waals surface area contributed by atoms with Gasteiger partial charge in [0.15, 0.2) is 0 Å². The first-order valence-electron chi connectivity index (χ1n) is 35.8. The van der Waals surface area contributed by atoms with Gasteiger partial charge in [0.05, 0.1) is 77.9 Å². The number of fused-ring (bicyclic) bond motifs is 22. The summed E-state index contributed by atoms with van der Waals surface area (Å²) in [4.78, 5) is 21.6. The average Bonchev–Trinajstić information content (AvgIpc) is 1.54. The van der Waals surface area contributed by atoms with Crippen LogP contribution in [-0.2, 0) is 0 Å². The fraction of sp³-hybridized carbons (Fsp3) is 0. The minimum absolute atomic E-state index is 0.623. The molecule has 0 spiro atoms. The number of benzene rings is 16. The van der Waals surface area contributed by atoms with E-state index >= 15 is 0 Å². The van der Waals surface area contributed by atoms with E-state index in [0.29, 0.717) is 11.9 Å². The first kappa shape index (κ1) is 58.6. The van der Waals surface area contributed by atoms with Crippen LogP contribution in [0.1, 0.15) is 0 Å². The third-order valence-electron chi connectivity index (χ3n) is 21.8. The molecule has 16 aromatic carbocycles. The lowest BCUT2D eigenvalue weighted by Gasteiger charge is -2.13. The van der Waals surface area contributed by atoms with Crippen molar-refractivity contribution in [3.63, 3.8) is 0 Å². The molecule has 0 radical (unpaired) electrons. The molecule has 0 saturated carbocycles. The zero-order chi connectivity index (χ0) is 69.2. The van der Waals surface area contributed by atoms with Gasteiger partial charge in [-0.15, -0.1) is 11.3 Å². The zero-order valence-corrected chi connectivity index (χ0v) is 57.5. The Bertz CT molecular complexity index is 7310. The number of hydrogen-bond acceptors (Lipinski definition) is 6. The molecule has 10 heteroatoms. The number of hydrogen-bond donors (Lipinski definition) is 0. The van der Waals surface area contributed by atoms with Crippen molar-refractivity contribution in [1.82, 2.24) is 38.2 Å². The first-order valence-corrected chi connectivity index (χ1v) is 36.7. The van der Waals surface area contributed by atoms with Crippen LogP contribution in [0.4, 0.5) is 0 Å². The number of thiophene rings is 1. The molecule has 0 unspecified atom stereocenters. The molecule has 0 aliphatic rings. The van der Waals surface area contributed by atoms with Crippen LogP contribution in [0.15, 0.2) is 344 Å². The Kier molecular flexibility index (Phi) is 12.6. The lowest BCUT2D eigenvalue weighted by molar-refractivity contribution is 0.669. The van der Waals surface area contributed by atoms with E-state index in [1.807, 2.05) is 29.5 Å². The summed E-state index contributed by atoms with van der Waals surface area (Å²) in [6.07, 6.45) is 0. The van der Waals surface area contributed by atoms with Crippen molar-refractivity contribution in [3.8, 4) is 45.8 Å². The molecule has 0 aliphatic heterocycles. The highest BCUT2D eigenvalue weighted by molar-refractivity contribution is 7.25. The smallest absolute Gasteiger partial charge is 0.235 e. The lowest BCUT2D eigenvalue weighted by Crippen LogP contribution is -2.03. The minimum atomic E-state index is 0.623. The van der Waals surface area contributed by atoms with Gasteiger partial charge < -0.3 is 13.6 Å². The van der Waals surface area contributed by atoms with Crippen LogP contribution in [0, 0.1) is 0 Å². The van der Waals surface area contributed by atoms with E-state index in [0.717, 1.165) is 110 Å². The van der Waals surface area contributed by atoms with Gasteiger partial charge in [-0.25, -0.2) is 19.9 Å². The second-order valence-electron chi connectivity index (χ2n) is 27.6. The van der Waals surface area contributed by atoms with E-state index in [1.54, 1.807) is 0 Å². The van der Waals surface area contributed by atoms with E-state index in [9.17, 15) is 0 Å². The summed E-state index contributed by atoms with van der Waals surface area (Å²) >= 11 is 1.83. The van der Waals surface area contributed by atoms with Crippen LogP contribution in [0.2, 0.25) is 0 Å². The Hall–Kier alpha value is -14.1. The van der Waals surface area contributed by atoms with Crippen molar-refractivity contribution in [2.24, 2.45) is 0 Å².